The predicted molar refractivity (Wildman–Crippen MR) is 117 cm³/mol. The summed E-state index contributed by atoms with van der Waals surface area (Å²) in [7, 11) is 0. The minimum atomic E-state index is -6.02. The van der Waals surface area contributed by atoms with Gasteiger partial charge < -0.3 is 10.8 Å². The molecule has 182 valence electrons. The lowest BCUT2D eigenvalue weighted by Gasteiger charge is -2.32. The van der Waals surface area contributed by atoms with Crippen LogP contribution in [0.4, 0.5) is 32.0 Å². The van der Waals surface area contributed by atoms with E-state index in [1.54, 1.807) is 42.5 Å². The second-order valence-electron chi connectivity index (χ2n) is 7.86. The molecule has 0 radical (unpaired) electrons. The van der Waals surface area contributed by atoms with Gasteiger partial charge in [-0.1, -0.05) is 42.5 Å². The Balaban J connectivity index is 1.91. The number of anilines is 1. The fourth-order valence-electron chi connectivity index (χ4n) is 3.75. The molecule has 0 unspecified atom stereocenters. The molecule has 3 aromatic carbocycles. The average Bonchev–Trinajstić information content (AvgIpc) is 2.79. The summed E-state index contributed by atoms with van der Waals surface area (Å²) in [5, 5.41) is 9.77. The maximum Gasteiger partial charge on any atom is 0.430 e. The summed E-state index contributed by atoms with van der Waals surface area (Å²) in [6.07, 6.45) is -11.9. The van der Waals surface area contributed by atoms with Crippen molar-refractivity contribution in [2.75, 3.05) is 5.73 Å². The Labute approximate surface area is 194 Å². The van der Waals surface area contributed by atoms with Gasteiger partial charge in [-0.15, -0.1) is 0 Å². The minimum Gasteiger partial charge on any atom is -0.399 e. The Hall–Kier alpha value is -3.86. The van der Waals surface area contributed by atoms with Crippen LogP contribution >= 0.6 is 0 Å². The zero-order valence-electron chi connectivity index (χ0n) is 17.7. The third kappa shape index (κ3) is 4.23. The molecule has 0 aliphatic rings. The van der Waals surface area contributed by atoms with Gasteiger partial charge in [-0.3, -0.25) is 9.36 Å². The number of alkyl halides is 6. The van der Waals surface area contributed by atoms with Gasteiger partial charge in [-0.25, -0.2) is 4.98 Å². The van der Waals surface area contributed by atoms with Crippen LogP contribution in [0, 0.1) is 0 Å². The maximum absolute atomic E-state index is 13.4. The molecule has 0 saturated heterocycles. The predicted octanol–water partition coefficient (Wildman–Crippen LogP) is 4.87. The van der Waals surface area contributed by atoms with Crippen LogP contribution in [-0.2, 0) is 12.0 Å². The van der Waals surface area contributed by atoms with Crippen LogP contribution in [0.25, 0.3) is 16.6 Å². The smallest absolute Gasteiger partial charge is 0.399 e. The van der Waals surface area contributed by atoms with E-state index in [-0.39, 0.29) is 29.0 Å². The summed E-state index contributed by atoms with van der Waals surface area (Å²) < 4.78 is 80.6. The molecule has 11 heteroatoms. The van der Waals surface area contributed by atoms with Gasteiger partial charge >= 0.3 is 12.4 Å². The highest BCUT2D eigenvalue weighted by Gasteiger charge is 2.71. The molecular formula is C24H17F6N3O2. The first-order valence-electron chi connectivity index (χ1n) is 10.1. The second kappa shape index (κ2) is 8.42. The van der Waals surface area contributed by atoms with Crippen molar-refractivity contribution < 1.29 is 31.4 Å². The largest absolute Gasteiger partial charge is 0.430 e. The van der Waals surface area contributed by atoms with Crippen molar-refractivity contribution in [1.82, 2.24) is 9.55 Å². The fourth-order valence-corrected chi connectivity index (χ4v) is 3.75. The molecular weight excluding hydrogens is 476 g/mol. The van der Waals surface area contributed by atoms with Gasteiger partial charge in [0.05, 0.1) is 16.6 Å². The molecule has 0 bridgehead atoms. The van der Waals surface area contributed by atoms with Crippen molar-refractivity contribution in [1.29, 1.82) is 0 Å². The van der Waals surface area contributed by atoms with E-state index in [2.05, 4.69) is 4.98 Å². The summed E-state index contributed by atoms with van der Waals surface area (Å²) in [4.78, 5) is 17.8. The van der Waals surface area contributed by atoms with Crippen LogP contribution in [0.15, 0.2) is 77.6 Å². The van der Waals surface area contributed by atoms with Gasteiger partial charge in [-0.05, 0) is 35.9 Å². The van der Waals surface area contributed by atoms with Crippen LogP contribution in [0.3, 0.4) is 0 Å². The molecule has 35 heavy (non-hydrogen) atoms. The van der Waals surface area contributed by atoms with Crippen molar-refractivity contribution >= 4 is 16.6 Å². The number of aliphatic hydroxyl groups is 1. The normalized spacial score (nSPS) is 12.8. The van der Waals surface area contributed by atoms with Crippen LogP contribution < -0.4 is 11.3 Å². The second-order valence-corrected chi connectivity index (χ2v) is 7.86. The quantitative estimate of drug-likeness (QED) is 0.314. The molecule has 5 nitrogen and oxygen atoms in total. The Morgan fingerprint density at radius 3 is 2.03 bits per heavy atom. The van der Waals surface area contributed by atoms with Gasteiger partial charge in [0.25, 0.3) is 11.2 Å². The first kappa shape index (κ1) is 24.3. The van der Waals surface area contributed by atoms with Gasteiger partial charge in [0.2, 0.25) is 0 Å². The summed E-state index contributed by atoms with van der Waals surface area (Å²) in [6.45, 7) is 0. The van der Waals surface area contributed by atoms with Crippen molar-refractivity contribution in [2.24, 2.45) is 0 Å². The molecule has 0 aliphatic heterocycles. The molecule has 0 saturated carbocycles. The fraction of sp³-hybridized carbons (Fsp3) is 0.167. The average molecular weight is 493 g/mol. The highest BCUT2D eigenvalue weighted by Crippen LogP contribution is 2.50. The molecule has 0 fully saturated rings. The summed E-state index contributed by atoms with van der Waals surface area (Å²) in [5.74, 6) is 0.202. The van der Waals surface area contributed by atoms with E-state index < -0.39 is 29.1 Å². The lowest BCUT2D eigenvalue weighted by Crippen LogP contribution is -2.53. The zero-order valence-corrected chi connectivity index (χ0v) is 17.7. The Kier molecular flexibility index (Phi) is 5.84. The number of halogens is 6. The van der Waals surface area contributed by atoms with Gasteiger partial charge in [0, 0.05) is 17.7 Å². The number of benzene rings is 3. The molecule has 1 aromatic heterocycles. The van der Waals surface area contributed by atoms with Gasteiger partial charge in [0.1, 0.15) is 5.82 Å². The van der Waals surface area contributed by atoms with E-state index >= 15 is 0 Å². The molecule has 0 aliphatic carbocycles. The lowest BCUT2D eigenvalue weighted by molar-refractivity contribution is -0.376. The SMILES string of the molecule is Nc1ccc2nc(Cc3ccccc3)n(-c3ccc(C(O)(C(F)(F)F)C(F)(F)F)cc3)c(=O)c2c1. The zero-order chi connectivity index (χ0) is 25.6. The van der Waals surface area contributed by atoms with E-state index in [4.69, 9.17) is 5.73 Å². The minimum absolute atomic E-state index is 0.0341. The third-order valence-electron chi connectivity index (χ3n) is 5.53. The molecule has 4 rings (SSSR count). The lowest BCUT2D eigenvalue weighted by atomic mass is 9.92. The monoisotopic (exact) mass is 493 g/mol. The van der Waals surface area contributed by atoms with Crippen LogP contribution in [0.5, 0.6) is 0 Å². The Bertz CT molecular complexity index is 1410. The molecule has 3 N–H and O–H groups in total. The highest BCUT2D eigenvalue weighted by molar-refractivity contribution is 5.81. The number of fused-ring (bicyclic) bond motifs is 1. The molecule has 1 heterocycles. The molecule has 0 amide bonds. The number of nitrogens with zero attached hydrogens (tertiary/aromatic N) is 2. The number of rotatable bonds is 4. The third-order valence-corrected chi connectivity index (χ3v) is 5.53. The van der Waals surface area contributed by atoms with Crippen molar-refractivity contribution in [3.8, 4) is 5.69 Å². The number of hydrogen-bond donors (Lipinski definition) is 2. The summed E-state index contributed by atoms with van der Waals surface area (Å²) >= 11 is 0. The topological polar surface area (TPSA) is 81.1 Å². The summed E-state index contributed by atoms with van der Waals surface area (Å²) in [5.41, 5.74) is -0.0124. The van der Waals surface area contributed by atoms with Crippen molar-refractivity contribution in [2.45, 2.75) is 24.4 Å². The number of nitrogens with two attached hydrogens (primary N) is 1. The number of nitrogen functional groups attached to an aromatic ring is 1. The molecule has 0 atom stereocenters. The van der Waals surface area contributed by atoms with Crippen LogP contribution in [0.2, 0.25) is 0 Å². The van der Waals surface area contributed by atoms with E-state index in [1.165, 1.54) is 6.07 Å². The Morgan fingerprint density at radius 1 is 0.857 bits per heavy atom. The molecule has 4 aromatic rings. The van der Waals surface area contributed by atoms with Crippen LogP contribution in [-0.4, -0.2) is 27.0 Å². The van der Waals surface area contributed by atoms with Gasteiger partial charge in [-0.2, -0.15) is 26.3 Å². The van der Waals surface area contributed by atoms with E-state index in [0.717, 1.165) is 22.3 Å². The summed E-state index contributed by atoms with van der Waals surface area (Å²) in [6, 6.07) is 16.1. The van der Waals surface area contributed by atoms with Crippen molar-refractivity contribution in [3.05, 3.63) is 100 Å². The maximum atomic E-state index is 13.4. The van der Waals surface area contributed by atoms with E-state index in [0.29, 0.717) is 17.6 Å². The standard InChI is InChI=1S/C24H17F6N3O2/c25-23(26,27)22(35,24(28,29)30)15-6-9-17(10-7-15)33-20(12-14-4-2-1-3-5-14)32-19-11-8-16(31)13-18(19)21(33)34/h1-11,13,35H,12,31H2. The number of hydrogen-bond acceptors (Lipinski definition) is 4. The van der Waals surface area contributed by atoms with Crippen molar-refractivity contribution in [3.63, 3.8) is 0 Å². The Morgan fingerprint density at radius 2 is 1.46 bits per heavy atom. The first-order chi connectivity index (χ1) is 16.3. The van der Waals surface area contributed by atoms with E-state index in [1.807, 2.05) is 0 Å². The van der Waals surface area contributed by atoms with Crippen LogP contribution in [0.1, 0.15) is 17.0 Å². The first-order valence-corrected chi connectivity index (χ1v) is 10.1. The van der Waals surface area contributed by atoms with E-state index in [9.17, 15) is 36.2 Å². The number of aromatic nitrogens is 2. The highest BCUT2D eigenvalue weighted by atomic mass is 19.4. The van der Waals surface area contributed by atoms with Gasteiger partial charge in [0.15, 0.2) is 0 Å². The molecule has 0 spiro atoms.